The maximum Gasteiger partial charge on any atom is 0.326 e. The highest BCUT2D eigenvalue weighted by Crippen LogP contribution is 2.39. The lowest BCUT2D eigenvalue weighted by molar-refractivity contribution is 0.244. The van der Waals surface area contributed by atoms with Gasteiger partial charge < -0.3 is 14.6 Å². The Labute approximate surface area is 216 Å². The molecule has 1 N–H and O–H groups in total. The van der Waals surface area contributed by atoms with Gasteiger partial charge in [-0.3, -0.25) is 4.90 Å². The maximum absolute atomic E-state index is 13.5. The van der Waals surface area contributed by atoms with E-state index in [9.17, 15) is 4.79 Å². The van der Waals surface area contributed by atoms with E-state index < -0.39 is 6.04 Å². The van der Waals surface area contributed by atoms with E-state index >= 15 is 0 Å². The zero-order chi connectivity index (χ0) is 25.9. The zero-order valence-corrected chi connectivity index (χ0v) is 21.5. The minimum Gasteiger partial charge on any atom is -0.497 e. The molecule has 3 aromatic carbocycles. The van der Waals surface area contributed by atoms with Crippen LogP contribution in [0, 0.1) is 0 Å². The molecule has 0 aliphatic carbocycles. The van der Waals surface area contributed by atoms with E-state index in [1.165, 1.54) is 5.56 Å². The fraction of sp³-hybridized carbons (Fsp3) is 0.233. The minimum absolute atomic E-state index is 0.217. The zero-order valence-electron chi connectivity index (χ0n) is 21.5. The van der Waals surface area contributed by atoms with Gasteiger partial charge in [-0.05, 0) is 60.7 Å². The molecule has 0 saturated heterocycles. The number of methoxy groups -OCH3 is 1. The molecule has 0 saturated carbocycles. The van der Waals surface area contributed by atoms with E-state index in [2.05, 4.69) is 42.5 Å². The number of amides is 2. The molecule has 1 atom stereocenters. The molecule has 188 valence electrons. The molecule has 2 amide bonds. The number of anilines is 1. The van der Waals surface area contributed by atoms with Crippen molar-refractivity contribution in [3.63, 3.8) is 0 Å². The molecule has 1 aromatic heterocycles. The van der Waals surface area contributed by atoms with Gasteiger partial charge in [0.15, 0.2) is 0 Å². The van der Waals surface area contributed by atoms with E-state index in [0.29, 0.717) is 11.7 Å². The predicted octanol–water partition coefficient (Wildman–Crippen LogP) is 6.57. The number of nitrogens with zero attached hydrogens (tertiary/aromatic N) is 3. The summed E-state index contributed by atoms with van der Waals surface area (Å²) < 4.78 is 11.2. The highest BCUT2D eigenvalue weighted by molar-refractivity contribution is 6.01. The Bertz CT molecular complexity index is 1440. The van der Waals surface area contributed by atoms with Crippen LogP contribution < -0.4 is 15.0 Å². The molecule has 0 fully saturated rings. The summed E-state index contributed by atoms with van der Waals surface area (Å²) in [4.78, 5) is 19.9. The van der Waals surface area contributed by atoms with Crippen LogP contribution in [0.15, 0.2) is 83.0 Å². The number of allylic oxidation sites excluding steroid dienone is 1. The Balaban J connectivity index is 1.62. The second-order valence-corrected chi connectivity index (χ2v) is 8.99. The second-order valence-electron chi connectivity index (χ2n) is 8.99. The quantitative estimate of drug-likeness (QED) is 0.314. The third-order valence-corrected chi connectivity index (χ3v) is 6.79. The number of aromatic nitrogens is 2. The lowest BCUT2D eigenvalue weighted by atomic mass is 9.94. The molecule has 7 heteroatoms. The van der Waals surface area contributed by atoms with Crippen molar-refractivity contribution in [2.24, 2.45) is 0 Å². The van der Waals surface area contributed by atoms with Gasteiger partial charge in [-0.2, -0.15) is 4.98 Å². The number of hydrogen-bond donors (Lipinski definition) is 1. The standard InChI is InChI=1S/C30H30N4O3/c1-5-20-10-12-23(13-11-20)28-32-29(37-33-28)26-19(3)34(24-9-7-8-21(6-2)18-24)30(35)31-27(26)22-14-16-25(36-4)17-15-22/h7-18,27H,5-6H2,1-4H3,(H,31,35). The SMILES string of the molecule is CCc1ccc(-c2noc(C3=C(C)N(c4cccc(CC)c4)C(=O)NC3c3ccc(OC)cc3)n2)cc1. The fourth-order valence-corrected chi connectivity index (χ4v) is 4.63. The van der Waals surface area contributed by atoms with E-state index in [1.807, 2.05) is 61.5 Å². The summed E-state index contributed by atoms with van der Waals surface area (Å²) in [6.45, 7) is 6.13. The monoisotopic (exact) mass is 494 g/mol. The van der Waals surface area contributed by atoms with Gasteiger partial charge in [0.05, 0.1) is 24.4 Å². The average Bonchev–Trinajstić information content (AvgIpc) is 3.42. The van der Waals surface area contributed by atoms with Crippen molar-refractivity contribution in [3.8, 4) is 17.1 Å². The summed E-state index contributed by atoms with van der Waals surface area (Å²) >= 11 is 0. The Morgan fingerprint density at radius 2 is 1.70 bits per heavy atom. The largest absolute Gasteiger partial charge is 0.497 e. The van der Waals surface area contributed by atoms with Gasteiger partial charge >= 0.3 is 6.03 Å². The molecule has 0 bridgehead atoms. The third kappa shape index (κ3) is 4.72. The summed E-state index contributed by atoms with van der Waals surface area (Å²) in [5, 5.41) is 7.44. The van der Waals surface area contributed by atoms with Crippen molar-refractivity contribution < 1.29 is 14.1 Å². The van der Waals surface area contributed by atoms with Gasteiger partial charge in [-0.25, -0.2) is 4.79 Å². The lowest BCUT2D eigenvalue weighted by Gasteiger charge is -2.35. The molecule has 1 aliphatic heterocycles. The van der Waals surface area contributed by atoms with E-state index in [4.69, 9.17) is 14.2 Å². The van der Waals surface area contributed by atoms with E-state index in [0.717, 1.165) is 52.2 Å². The molecule has 5 rings (SSSR count). The summed E-state index contributed by atoms with van der Waals surface area (Å²) in [7, 11) is 1.63. The lowest BCUT2D eigenvalue weighted by Crippen LogP contribution is -2.46. The smallest absolute Gasteiger partial charge is 0.326 e. The van der Waals surface area contributed by atoms with Gasteiger partial charge in [0, 0.05) is 11.3 Å². The van der Waals surface area contributed by atoms with Gasteiger partial charge in [-0.1, -0.05) is 67.5 Å². The van der Waals surface area contributed by atoms with Crippen LogP contribution in [0.2, 0.25) is 0 Å². The highest BCUT2D eigenvalue weighted by Gasteiger charge is 2.36. The highest BCUT2D eigenvalue weighted by atomic mass is 16.5. The minimum atomic E-state index is -0.472. The van der Waals surface area contributed by atoms with Crippen molar-refractivity contribution >= 4 is 17.3 Å². The molecule has 7 nitrogen and oxygen atoms in total. The number of ether oxygens (including phenoxy) is 1. The van der Waals surface area contributed by atoms with Crippen LogP contribution in [-0.2, 0) is 12.8 Å². The van der Waals surface area contributed by atoms with Crippen LogP contribution in [-0.4, -0.2) is 23.3 Å². The van der Waals surface area contributed by atoms with Gasteiger partial charge in [0.2, 0.25) is 5.82 Å². The number of aryl methyl sites for hydroxylation is 2. The van der Waals surface area contributed by atoms with Crippen LogP contribution in [0.1, 0.15) is 49.4 Å². The third-order valence-electron chi connectivity index (χ3n) is 6.79. The summed E-state index contributed by atoms with van der Waals surface area (Å²) in [5.41, 5.74) is 6.41. The molecule has 37 heavy (non-hydrogen) atoms. The number of rotatable bonds is 7. The summed E-state index contributed by atoms with van der Waals surface area (Å²) in [5.74, 6) is 1.61. The van der Waals surface area contributed by atoms with E-state index in [1.54, 1.807) is 12.0 Å². The van der Waals surface area contributed by atoms with E-state index in [-0.39, 0.29) is 6.03 Å². The first-order chi connectivity index (χ1) is 18.0. The number of carbonyl (C=O) groups is 1. The Hall–Kier alpha value is -4.39. The van der Waals surface area contributed by atoms with Gasteiger partial charge in [0.25, 0.3) is 5.89 Å². The number of benzene rings is 3. The van der Waals surface area contributed by atoms with Crippen molar-refractivity contribution in [2.45, 2.75) is 39.7 Å². The van der Waals surface area contributed by atoms with Crippen LogP contribution in [0.4, 0.5) is 10.5 Å². The molecular weight excluding hydrogens is 464 g/mol. The first-order valence-corrected chi connectivity index (χ1v) is 12.5. The Kier molecular flexibility index (Phi) is 6.77. The van der Waals surface area contributed by atoms with Crippen LogP contribution in [0.5, 0.6) is 5.75 Å². The average molecular weight is 495 g/mol. The molecule has 2 heterocycles. The molecule has 0 spiro atoms. The summed E-state index contributed by atoms with van der Waals surface area (Å²) in [6.07, 6.45) is 1.83. The summed E-state index contributed by atoms with van der Waals surface area (Å²) in [6, 6.07) is 23.1. The number of nitrogens with one attached hydrogen (secondary N) is 1. The first-order valence-electron chi connectivity index (χ1n) is 12.5. The molecule has 1 aliphatic rings. The number of urea groups is 1. The second kappa shape index (κ2) is 10.3. The normalized spacial score (nSPS) is 15.6. The molecule has 0 radical (unpaired) electrons. The van der Waals surface area contributed by atoms with Crippen molar-refractivity contribution in [3.05, 3.63) is 101 Å². The van der Waals surface area contributed by atoms with Crippen molar-refractivity contribution in [1.82, 2.24) is 15.5 Å². The predicted molar refractivity (Wildman–Crippen MR) is 144 cm³/mol. The van der Waals surface area contributed by atoms with Crippen LogP contribution >= 0.6 is 0 Å². The maximum atomic E-state index is 13.5. The van der Waals surface area contributed by atoms with Crippen molar-refractivity contribution in [2.75, 3.05) is 12.0 Å². The Morgan fingerprint density at radius 3 is 2.38 bits per heavy atom. The fourth-order valence-electron chi connectivity index (χ4n) is 4.63. The van der Waals surface area contributed by atoms with Crippen LogP contribution in [0.3, 0.4) is 0 Å². The van der Waals surface area contributed by atoms with Crippen molar-refractivity contribution in [1.29, 1.82) is 0 Å². The number of hydrogen-bond acceptors (Lipinski definition) is 5. The first kappa shape index (κ1) is 24.3. The van der Waals surface area contributed by atoms with Gasteiger partial charge in [0.1, 0.15) is 5.75 Å². The Morgan fingerprint density at radius 1 is 0.973 bits per heavy atom. The molecule has 1 unspecified atom stereocenters. The number of carbonyl (C=O) groups excluding carboxylic acids is 1. The van der Waals surface area contributed by atoms with Crippen LogP contribution in [0.25, 0.3) is 17.0 Å². The molecular formula is C30H30N4O3. The topological polar surface area (TPSA) is 80.5 Å². The molecule has 4 aromatic rings. The van der Waals surface area contributed by atoms with Gasteiger partial charge in [-0.15, -0.1) is 0 Å².